The van der Waals surface area contributed by atoms with E-state index in [4.69, 9.17) is 9.47 Å². The number of H-pyrrole nitrogens is 1. The Morgan fingerprint density at radius 1 is 1.23 bits per heavy atom. The van der Waals surface area contributed by atoms with Gasteiger partial charge in [-0.25, -0.2) is 4.98 Å². The van der Waals surface area contributed by atoms with Crippen LogP contribution in [0.3, 0.4) is 0 Å². The highest BCUT2D eigenvalue weighted by atomic mass is 32.1. The maximum absolute atomic E-state index is 12.8. The van der Waals surface area contributed by atoms with E-state index in [2.05, 4.69) is 15.2 Å². The number of nitrogens with one attached hydrogen (secondary N) is 1. The number of benzene rings is 1. The van der Waals surface area contributed by atoms with Crippen LogP contribution < -0.4 is 9.47 Å². The first-order chi connectivity index (χ1) is 14.7. The highest BCUT2D eigenvalue weighted by molar-refractivity contribution is 7.20. The predicted molar refractivity (Wildman–Crippen MR) is 118 cm³/mol. The molecular formula is C21H20N4O3S2. The average Bonchev–Trinajstić information content (AvgIpc) is 3.53. The van der Waals surface area contributed by atoms with E-state index >= 15 is 0 Å². The minimum Gasteiger partial charge on any atom is -0.497 e. The molecule has 0 atom stereocenters. The monoisotopic (exact) mass is 440 g/mol. The Labute approximate surface area is 181 Å². The number of thiazole rings is 1. The van der Waals surface area contributed by atoms with Crippen molar-refractivity contribution in [2.75, 3.05) is 20.2 Å². The predicted octanol–water partition coefficient (Wildman–Crippen LogP) is 4.44. The zero-order chi connectivity index (χ0) is 20.5. The summed E-state index contributed by atoms with van der Waals surface area (Å²) in [5.74, 6) is 0.768. The van der Waals surface area contributed by atoms with Gasteiger partial charge >= 0.3 is 0 Å². The molecule has 4 heterocycles. The van der Waals surface area contributed by atoms with E-state index in [1.165, 1.54) is 11.3 Å². The number of carbonyl (C=O) groups excluding carboxylic acids is 1. The second-order valence-corrected chi connectivity index (χ2v) is 9.01. The number of aromatic nitrogens is 3. The number of likely N-dealkylation sites (tertiary alicyclic amines) is 1. The van der Waals surface area contributed by atoms with E-state index in [0.717, 1.165) is 39.4 Å². The van der Waals surface area contributed by atoms with Crippen LogP contribution in [0.15, 0.2) is 41.8 Å². The van der Waals surface area contributed by atoms with Crippen molar-refractivity contribution in [3.8, 4) is 21.5 Å². The average molecular weight is 441 g/mol. The summed E-state index contributed by atoms with van der Waals surface area (Å²) in [6, 6.07) is 11.6. The summed E-state index contributed by atoms with van der Waals surface area (Å²) >= 11 is 3.14. The number of thiophene rings is 1. The lowest BCUT2D eigenvalue weighted by atomic mass is 10.1. The van der Waals surface area contributed by atoms with Crippen molar-refractivity contribution in [1.82, 2.24) is 20.1 Å². The van der Waals surface area contributed by atoms with E-state index in [0.29, 0.717) is 24.0 Å². The lowest BCUT2D eigenvalue weighted by Crippen LogP contribution is -2.41. The normalized spacial score (nSPS) is 14.9. The van der Waals surface area contributed by atoms with Crippen LogP contribution >= 0.6 is 22.7 Å². The number of amides is 1. The zero-order valence-corrected chi connectivity index (χ0v) is 18.0. The number of hydrogen-bond acceptors (Lipinski definition) is 7. The largest absolute Gasteiger partial charge is 0.497 e. The number of carbonyl (C=O) groups is 1. The third kappa shape index (κ3) is 3.78. The van der Waals surface area contributed by atoms with Gasteiger partial charge in [-0.15, -0.1) is 11.3 Å². The molecule has 3 aromatic heterocycles. The fourth-order valence-electron chi connectivity index (χ4n) is 3.53. The molecule has 1 aromatic carbocycles. The van der Waals surface area contributed by atoms with Gasteiger partial charge in [-0.05, 0) is 35.7 Å². The Balaban J connectivity index is 1.19. The minimum absolute atomic E-state index is 0.0420. The number of hydrogen-bond donors (Lipinski definition) is 1. The first-order valence-corrected chi connectivity index (χ1v) is 11.4. The molecule has 5 rings (SSSR count). The van der Waals surface area contributed by atoms with Crippen LogP contribution in [-0.4, -0.2) is 52.3 Å². The molecule has 0 spiro atoms. The molecule has 1 aliphatic rings. The maximum Gasteiger partial charge on any atom is 0.274 e. The van der Waals surface area contributed by atoms with Gasteiger partial charge in [0.25, 0.3) is 11.1 Å². The Bertz CT molecular complexity index is 1160. The standard InChI is InChI=1S/C21H20N4O3S2/c1-27-14-4-5-15-19(11-14)30-21(22-15)28-13-6-8-25(9-7-13)20(26)17-12-16(23-24-17)18-3-2-10-29-18/h2-5,10-13H,6-9H2,1H3,(H,23,24). The topological polar surface area (TPSA) is 80.3 Å². The fraction of sp³-hybridized carbons (Fsp3) is 0.286. The summed E-state index contributed by atoms with van der Waals surface area (Å²) in [4.78, 5) is 20.3. The van der Waals surface area contributed by atoms with Crippen LogP contribution in [0.4, 0.5) is 0 Å². The van der Waals surface area contributed by atoms with Crippen molar-refractivity contribution in [3.63, 3.8) is 0 Å². The Morgan fingerprint density at radius 3 is 2.87 bits per heavy atom. The van der Waals surface area contributed by atoms with E-state index in [9.17, 15) is 4.79 Å². The Hall–Kier alpha value is -2.91. The Kier molecular flexibility index (Phi) is 5.14. The zero-order valence-electron chi connectivity index (χ0n) is 16.3. The molecule has 0 bridgehead atoms. The van der Waals surface area contributed by atoms with Crippen LogP contribution in [0.2, 0.25) is 0 Å². The summed E-state index contributed by atoms with van der Waals surface area (Å²) in [6.45, 7) is 1.28. The molecule has 30 heavy (non-hydrogen) atoms. The van der Waals surface area contributed by atoms with E-state index < -0.39 is 0 Å². The second kappa shape index (κ2) is 8.08. The lowest BCUT2D eigenvalue weighted by molar-refractivity contribution is 0.0590. The molecule has 0 radical (unpaired) electrons. The van der Waals surface area contributed by atoms with Crippen molar-refractivity contribution < 1.29 is 14.3 Å². The summed E-state index contributed by atoms with van der Waals surface area (Å²) in [5.41, 5.74) is 2.24. The molecule has 4 aromatic rings. The van der Waals surface area contributed by atoms with Gasteiger partial charge in [-0.2, -0.15) is 5.10 Å². The molecule has 154 valence electrons. The van der Waals surface area contributed by atoms with Crippen molar-refractivity contribution >= 4 is 38.8 Å². The molecule has 1 fully saturated rings. The summed E-state index contributed by atoms with van der Waals surface area (Å²) in [6.07, 6.45) is 1.60. The molecule has 1 amide bonds. The van der Waals surface area contributed by atoms with Crippen LogP contribution in [0.5, 0.6) is 10.9 Å². The number of piperidine rings is 1. The van der Waals surface area contributed by atoms with E-state index in [1.807, 2.05) is 46.7 Å². The Morgan fingerprint density at radius 2 is 2.10 bits per heavy atom. The summed E-state index contributed by atoms with van der Waals surface area (Å²) < 4.78 is 12.4. The molecule has 0 unspecified atom stereocenters. The van der Waals surface area contributed by atoms with Gasteiger partial charge in [0.05, 0.1) is 27.9 Å². The van der Waals surface area contributed by atoms with E-state index in [1.54, 1.807) is 18.4 Å². The molecule has 9 heteroatoms. The van der Waals surface area contributed by atoms with Gasteiger partial charge in [0, 0.05) is 25.9 Å². The number of ether oxygens (including phenoxy) is 2. The van der Waals surface area contributed by atoms with Crippen LogP contribution in [0.25, 0.3) is 20.8 Å². The van der Waals surface area contributed by atoms with Gasteiger partial charge in [-0.3, -0.25) is 9.89 Å². The molecular weight excluding hydrogens is 420 g/mol. The molecule has 0 aliphatic carbocycles. The van der Waals surface area contributed by atoms with Gasteiger partial charge in [0.15, 0.2) is 5.69 Å². The van der Waals surface area contributed by atoms with Gasteiger partial charge < -0.3 is 14.4 Å². The lowest BCUT2D eigenvalue weighted by Gasteiger charge is -2.31. The quantitative estimate of drug-likeness (QED) is 0.496. The SMILES string of the molecule is COc1ccc2nc(OC3CCN(C(=O)c4cc(-c5cccs5)[nH]n4)CC3)sc2c1. The van der Waals surface area contributed by atoms with E-state index in [-0.39, 0.29) is 12.0 Å². The second-order valence-electron chi connectivity index (χ2n) is 7.07. The highest BCUT2D eigenvalue weighted by Crippen LogP contribution is 2.32. The van der Waals surface area contributed by atoms with Crippen LogP contribution in [-0.2, 0) is 0 Å². The molecule has 1 N–H and O–H groups in total. The molecule has 1 saturated heterocycles. The first-order valence-electron chi connectivity index (χ1n) is 9.69. The maximum atomic E-state index is 12.8. The number of methoxy groups -OCH3 is 1. The van der Waals surface area contributed by atoms with Crippen LogP contribution in [0.1, 0.15) is 23.3 Å². The van der Waals surface area contributed by atoms with Crippen LogP contribution in [0, 0.1) is 0 Å². The van der Waals surface area contributed by atoms with Gasteiger partial charge in [0.1, 0.15) is 11.9 Å². The first kappa shape index (κ1) is 19.1. The third-order valence-corrected chi connectivity index (χ3v) is 6.97. The van der Waals surface area contributed by atoms with Crippen molar-refractivity contribution in [3.05, 3.63) is 47.5 Å². The minimum atomic E-state index is -0.0420. The van der Waals surface area contributed by atoms with Crippen molar-refractivity contribution in [2.45, 2.75) is 18.9 Å². The number of rotatable bonds is 5. The molecule has 1 aliphatic heterocycles. The molecule has 0 saturated carbocycles. The fourth-order valence-corrected chi connectivity index (χ4v) is 5.13. The summed E-state index contributed by atoms with van der Waals surface area (Å²) in [5, 5.41) is 9.84. The van der Waals surface area contributed by atoms with Crippen molar-refractivity contribution in [2.24, 2.45) is 0 Å². The van der Waals surface area contributed by atoms with Gasteiger partial charge in [0.2, 0.25) is 0 Å². The summed E-state index contributed by atoms with van der Waals surface area (Å²) in [7, 11) is 1.65. The number of nitrogens with zero attached hydrogens (tertiary/aromatic N) is 3. The van der Waals surface area contributed by atoms with Gasteiger partial charge in [-0.1, -0.05) is 17.4 Å². The molecule has 7 nitrogen and oxygen atoms in total. The number of aromatic amines is 1. The smallest absolute Gasteiger partial charge is 0.274 e. The highest BCUT2D eigenvalue weighted by Gasteiger charge is 2.27. The third-order valence-electron chi connectivity index (χ3n) is 5.16. The number of fused-ring (bicyclic) bond motifs is 1. The van der Waals surface area contributed by atoms with Crippen molar-refractivity contribution in [1.29, 1.82) is 0 Å².